The lowest BCUT2D eigenvalue weighted by molar-refractivity contribution is -0.115. The summed E-state index contributed by atoms with van der Waals surface area (Å²) in [5, 5.41) is 2.90. The number of amides is 1. The highest BCUT2D eigenvalue weighted by atomic mass is 19.1. The van der Waals surface area contributed by atoms with Crippen LogP contribution in [-0.2, 0) is 11.2 Å². The zero-order valence-electron chi connectivity index (χ0n) is 15.5. The summed E-state index contributed by atoms with van der Waals surface area (Å²) in [5.41, 5.74) is 3.39. The van der Waals surface area contributed by atoms with Gasteiger partial charge in [0.1, 0.15) is 5.82 Å². The van der Waals surface area contributed by atoms with E-state index in [0.29, 0.717) is 5.56 Å². The molecule has 2 aromatic rings. The molecule has 5 heteroatoms. The second-order valence-corrected chi connectivity index (χ2v) is 6.74. The first-order chi connectivity index (χ1) is 12.6. The summed E-state index contributed by atoms with van der Waals surface area (Å²) >= 11 is 0. The maximum atomic E-state index is 13.7. The Morgan fingerprint density at radius 1 is 1.12 bits per heavy atom. The van der Waals surface area contributed by atoms with Crippen LogP contribution < -0.4 is 10.2 Å². The number of benzene rings is 2. The Morgan fingerprint density at radius 2 is 1.85 bits per heavy atom. The van der Waals surface area contributed by atoms with Gasteiger partial charge in [-0.1, -0.05) is 25.1 Å². The molecule has 0 saturated carbocycles. The van der Waals surface area contributed by atoms with Crippen LogP contribution in [0.2, 0.25) is 0 Å². The Bertz CT molecular complexity index is 770. The molecule has 26 heavy (non-hydrogen) atoms. The first kappa shape index (κ1) is 18.4. The van der Waals surface area contributed by atoms with Gasteiger partial charge in [-0.2, -0.15) is 0 Å². The first-order valence-corrected chi connectivity index (χ1v) is 9.18. The normalized spacial score (nSPS) is 15.1. The molecule has 2 aromatic carbocycles. The monoisotopic (exact) mass is 355 g/mol. The molecule has 1 heterocycles. The van der Waals surface area contributed by atoms with Gasteiger partial charge in [-0.3, -0.25) is 4.79 Å². The topological polar surface area (TPSA) is 35.6 Å². The van der Waals surface area contributed by atoms with Crippen LogP contribution in [0.5, 0.6) is 0 Å². The zero-order chi connectivity index (χ0) is 18.5. The van der Waals surface area contributed by atoms with Crippen LogP contribution >= 0.6 is 0 Å². The molecule has 1 saturated heterocycles. The second kappa shape index (κ2) is 8.32. The average molecular weight is 355 g/mol. The fourth-order valence-electron chi connectivity index (χ4n) is 3.32. The number of nitrogens with one attached hydrogen (secondary N) is 1. The van der Waals surface area contributed by atoms with Crippen LogP contribution in [0.1, 0.15) is 18.1 Å². The van der Waals surface area contributed by atoms with Gasteiger partial charge < -0.3 is 15.1 Å². The number of likely N-dealkylation sites (N-methyl/N-ethyl adjacent to an activating group) is 1. The Kier molecular flexibility index (Phi) is 5.89. The SMILES string of the molecule is CCN1CCN(c2ccc(NC(=O)Cc3ccccc3F)c(C)c2)CC1. The van der Waals surface area contributed by atoms with Crippen molar-refractivity contribution < 1.29 is 9.18 Å². The smallest absolute Gasteiger partial charge is 0.228 e. The van der Waals surface area contributed by atoms with E-state index >= 15 is 0 Å². The predicted octanol–water partition coefficient (Wildman–Crippen LogP) is 3.46. The Hall–Kier alpha value is -2.40. The Labute approximate surface area is 154 Å². The molecule has 0 atom stereocenters. The van der Waals surface area contributed by atoms with E-state index in [9.17, 15) is 9.18 Å². The van der Waals surface area contributed by atoms with Crippen LogP contribution in [-0.4, -0.2) is 43.5 Å². The van der Waals surface area contributed by atoms with Crippen molar-refractivity contribution in [1.82, 2.24) is 4.90 Å². The van der Waals surface area contributed by atoms with Crippen molar-refractivity contribution in [3.05, 3.63) is 59.4 Å². The number of carbonyl (C=O) groups excluding carboxylic acids is 1. The number of piperazine rings is 1. The van der Waals surface area contributed by atoms with Gasteiger partial charge in [-0.25, -0.2) is 4.39 Å². The maximum absolute atomic E-state index is 13.7. The highest BCUT2D eigenvalue weighted by molar-refractivity contribution is 5.93. The molecule has 0 aliphatic carbocycles. The third kappa shape index (κ3) is 4.41. The predicted molar refractivity (Wildman–Crippen MR) is 104 cm³/mol. The van der Waals surface area contributed by atoms with E-state index in [1.165, 1.54) is 11.8 Å². The number of nitrogens with zero attached hydrogens (tertiary/aromatic N) is 2. The van der Waals surface area contributed by atoms with E-state index in [0.717, 1.165) is 44.0 Å². The van der Waals surface area contributed by atoms with E-state index in [4.69, 9.17) is 0 Å². The number of aryl methyl sites for hydroxylation is 1. The quantitative estimate of drug-likeness (QED) is 0.892. The summed E-state index contributed by atoms with van der Waals surface area (Å²) in [4.78, 5) is 17.1. The number of halogens is 1. The van der Waals surface area contributed by atoms with E-state index in [2.05, 4.69) is 28.1 Å². The first-order valence-electron chi connectivity index (χ1n) is 9.18. The third-order valence-corrected chi connectivity index (χ3v) is 4.98. The highest BCUT2D eigenvalue weighted by Crippen LogP contribution is 2.24. The molecule has 1 amide bonds. The fourth-order valence-corrected chi connectivity index (χ4v) is 3.32. The Balaban J connectivity index is 1.63. The molecule has 3 rings (SSSR count). The number of hydrogen-bond acceptors (Lipinski definition) is 3. The van der Waals surface area contributed by atoms with Crippen molar-refractivity contribution in [2.45, 2.75) is 20.3 Å². The summed E-state index contributed by atoms with van der Waals surface area (Å²) < 4.78 is 13.7. The lowest BCUT2D eigenvalue weighted by Gasteiger charge is -2.35. The average Bonchev–Trinajstić information content (AvgIpc) is 2.65. The van der Waals surface area contributed by atoms with Crippen molar-refractivity contribution in [2.24, 2.45) is 0 Å². The van der Waals surface area contributed by atoms with Crippen molar-refractivity contribution in [3.8, 4) is 0 Å². The molecule has 138 valence electrons. The van der Waals surface area contributed by atoms with Gasteiger partial charge in [-0.15, -0.1) is 0 Å². The highest BCUT2D eigenvalue weighted by Gasteiger charge is 2.16. The Morgan fingerprint density at radius 3 is 2.50 bits per heavy atom. The van der Waals surface area contributed by atoms with Gasteiger partial charge in [0.2, 0.25) is 5.91 Å². The largest absolute Gasteiger partial charge is 0.369 e. The van der Waals surface area contributed by atoms with Gasteiger partial charge >= 0.3 is 0 Å². The molecule has 4 nitrogen and oxygen atoms in total. The van der Waals surface area contributed by atoms with Crippen LogP contribution in [0.4, 0.5) is 15.8 Å². The van der Waals surface area contributed by atoms with Crippen LogP contribution in [0.3, 0.4) is 0 Å². The van der Waals surface area contributed by atoms with Crippen LogP contribution in [0, 0.1) is 12.7 Å². The van der Waals surface area contributed by atoms with Gasteiger partial charge in [0.05, 0.1) is 6.42 Å². The van der Waals surface area contributed by atoms with Gasteiger partial charge in [0.15, 0.2) is 0 Å². The lowest BCUT2D eigenvalue weighted by atomic mass is 10.1. The summed E-state index contributed by atoms with van der Waals surface area (Å²) in [5.74, 6) is -0.552. The number of anilines is 2. The van der Waals surface area contributed by atoms with Crippen molar-refractivity contribution in [1.29, 1.82) is 0 Å². The fraction of sp³-hybridized carbons (Fsp3) is 0.381. The van der Waals surface area contributed by atoms with Crippen LogP contribution in [0.25, 0.3) is 0 Å². The van der Waals surface area contributed by atoms with E-state index in [1.807, 2.05) is 19.1 Å². The van der Waals surface area contributed by atoms with E-state index < -0.39 is 0 Å². The minimum atomic E-state index is -0.346. The van der Waals surface area contributed by atoms with Crippen molar-refractivity contribution in [3.63, 3.8) is 0 Å². The molecule has 0 unspecified atom stereocenters. The minimum Gasteiger partial charge on any atom is -0.369 e. The summed E-state index contributed by atoms with van der Waals surface area (Å²) in [6.45, 7) is 9.48. The molecule has 1 aliphatic heterocycles. The molecule has 1 fully saturated rings. The standard InChI is InChI=1S/C21H26FN3O/c1-3-24-10-12-25(13-11-24)18-8-9-20(16(2)14-18)23-21(26)15-17-6-4-5-7-19(17)22/h4-9,14H,3,10-13,15H2,1-2H3,(H,23,26). The van der Waals surface area contributed by atoms with Gasteiger partial charge in [-0.05, 0) is 48.9 Å². The van der Waals surface area contributed by atoms with E-state index in [1.54, 1.807) is 18.2 Å². The van der Waals surface area contributed by atoms with Crippen molar-refractivity contribution in [2.75, 3.05) is 42.9 Å². The molecule has 0 radical (unpaired) electrons. The number of rotatable bonds is 5. The van der Waals surface area contributed by atoms with Crippen molar-refractivity contribution >= 4 is 17.3 Å². The van der Waals surface area contributed by atoms with Gasteiger partial charge in [0, 0.05) is 37.6 Å². The number of hydrogen-bond donors (Lipinski definition) is 1. The molecule has 1 N–H and O–H groups in total. The minimum absolute atomic E-state index is 0.0346. The molecule has 0 spiro atoms. The second-order valence-electron chi connectivity index (χ2n) is 6.74. The summed E-state index contributed by atoms with van der Waals surface area (Å²) in [6, 6.07) is 12.5. The molecular formula is C21H26FN3O. The van der Waals surface area contributed by atoms with Crippen LogP contribution in [0.15, 0.2) is 42.5 Å². The number of carbonyl (C=O) groups is 1. The summed E-state index contributed by atoms with van der Waals surface area (Å²) in [6.07, 6.45) is 0.0346. The molecule has 0 aromatic heterocycles. The molecular weight excluding hydrogens is 329 g/mol. The van der Waals surface area contributed by atoms with Gasteiger partial charge in [0.25, 0.3) is 0 Å². The third-order valence-electron chi connectivity index (χ3n) is 4.98. The van der Waals surface area contributed by atoms with E-state index in [-0.39, 0.29) is 18.1 Å². The maximum Gasteiger partial charge on any atom is 0.228 e. The molecule has 0 bridgehead atoms. The summed E-state index contributed by atoms with van der Waals surface area (Å²) in [7, 11) is 0. The molecule has 1 aliphatic rings. The lowest BCUT2D eigenvalue weighted by Crippen LogP contribution is -2.46. The zero-order valence-corrected chi connectivity index (χ0v) is 15.5.